The Morgan fingerprint density at radius 3 is 2.71 bits per heavy atom. The van der Waals surface area contributed by atoms with Crippen molar-refractivity contribution in [1.29, 1.82) is 5.26 Å². The lowest BCUT2D eigenvalue weighted by molar-refractivity contribution is -0.125. The molecule has 0 bridgehead atoms. The van der Waals surface area contributed by atoms with Crippen LogP contribution >= 0.6 is 11.3 Å². The molecule has 1 aromatic heterocycles. The number of hydrogen-bond acceptors (Lipinski definition) is 5. The average Bonchev–Trinajstić information content (AvgIpc) is 2.92. The van der Waals surface area contributed by atoms with E-state index in [1.807, 2.05) is 36.5 Å². The van der Waals surface area contributed by atoms with Crippen molar-refractivity contribution >= 4 is 22.4 Å². The fraction of sp³-hybridized carbons (Fsp3) is 0.267. The molecule has 1 fully saturated rings. The number of amides is 1. The quantitative estimate of drug-likeness (QED) is 0.672. The standard InChI is InChI=1S/C15H14N4OS/c16-10-18-15(7-4-8-15)13(20)19-14-17-9-12(21-14)11-5-2-1-3-6-11/h1-3,5-6,9,18H,4,7-8H2,(H,17,19,20). The third-order valence-corrected chi connectivity index (χ3v) is 4.68. The molecule has 0 atom stereocenters. The second kappa shape index (κ2) is 5.54. The smallest absolute Gasteiger partial charge is 0.252 e. The van der Waals surface area contributed by atoms with Crippen molar-refractivity contribution in [3.8, 4) is 16.6 Å². The van der Waals surface area contributed by atoms with Crippen LogP contribution in [0.4, 0.5) is 5.13 Å². The van der Waals surface area contributed by atoms with Crippen molar-refractivity contribution in [2.75, 3.05) is 5.32 Å². The van der Waals surface area contributed by atoms with Gasteiger partial charge in [0.2, 0.25) is 0 Å². The first-order valence-corrected chi connectivity index (χ1v) is 7.54. The SMILES string of the molecule is N#CNC1(C(=O)Nc2ncc(-c3ccccc3)s2)CCC1. The zero-order chi connectivity index (χ0) is 14.7. The Kier molecular flexibility index (Phi) is 3.59. The van der Waals surface area contributed by atoms with Crippen LogP contribution in [-0.2, 0) is 4.79 Å². The molecule has 0 spiro atoms. The summed E-state index contributed by atoms with van der Waals surface area (Å²) in [5.74, 6) is -0.177. The predicted molar refractivity (Wildman–Crippen MR) is 81.5 cm³/mol. The van der Waals surface area contributed by atoms with E-state index in [1.165, 1.54) is 11.3 Å². The van der Waals surface area contributed by atoms with Gasteiger partial charge in [0.15, 0.2) is 11.3 Å². The van der Waals surface area contributed by atoms with Crippen LogP contribution in [-0.4, -0.2) is 16.4 Å². The molecule has 0 saturated heterocycles. The second-order valence-electron chi connectivity index (χ2n) is 5.02. The van der Waals surface area contributed by atoms with E-state index in [4.69, 9.17) is 5.26 Å². The van der Waals surface area contributed by atoms with Crippen LogP contribution in [0.25, 0.3) is 10.4 Å². The molecule has 6 heteroatoms. The molecule has 5 nitrogen and oxygen atoms in total. The van der Waals surface area contributed by atoms with Gasteiger partial charge in [0.1, 0.15) is 5.54 Å². The fourth-order valence-electron chi connectivity index (χ4n) is 2.33. The number of aromatic nitrogens is 1. The highest BCUT2D eigenvalue weighted by molar-refractivity contribution is 7.19. The van der Waals surface area contributed by atoms with Crippen LogP contribution in [0.5, 0.6) is 0 Å². The van der Waals surface area contributed by atoms with Crippen molar-refractivity contribution in [3.05, 3.63) is 36.5 Å². The molecule has 1 saturated carbocycles. The van der Waals surface area contributed by atoms with Crippen molar-refractivity contribution in [2.45, 2.75) is 24.8 Å². The van der Waals surface area contributed by atoms with Gasteiger partial charge in [-0.25, -0.2) is 4.98 Å². The summed E-state index contributed by atoms with van der Waals surface area (Å²) >= 11 is 1.43. The molecule has 0 unspecified atom stereocenters. The molecule has 21 heavy (non-hydrogen) atoms. The number of nitrogens with one attached hydrogen (secondary N) is 2. The molecule has 2 N–H and O–H groups in total. The van der Waals surface area contributed by atoms with Crippen LogP contribution in [0.2, 0.25) is 0 Å². The molecule has 1 amide bonds. The number of nitriles is 1. The van der Waals surface area contributed by atoms with E-state index in [9.17, 15) is 4.79 Å². The molecular formula is C15H14N4OS. The number of benzene rings is 1. The molecule has 1 aliphatic rings. The first kappa shape index (κ1) is 13.6. The maximum Gasteiger partial charge on any atom is 0.252 e. The molecule has 1 aliphatic carbocycles. The van der Waals surface area contributed by atoms with Crippen molar-refractivity contribution in [2.24, 2.45) is 0 Å². The minimum absolute atomic E-state index is 0.177. The van der Waals surface area contributed by atoms with Crippen LogP contribution in [0.3, 0.4) is 0 Å². The Labute approximate surface area is 126 Å². The van der Waals surface area contributed by atoms with Gasteiger partial charge in [0.25, 0.3) is 5.91 Å². The Balaban J connectivity index is 1.73. The van der Waals surface area contributed by atoms with Crippen LogP contribution in [0, 0.1) is 11.5 Å². The predicted octanol–water partition coefficient (Wildman–Crippen LogP) is 2.74. The summed E-state index contributed by atoms with van der Waals surface area (Å²) in [5, 5.41) is 14.8. The van der Waals surface area contributed by atoms with Gasteiger partial charge in [-0.15, -0.1) is 0 Å². The second-order valence-corrected chi connectivity index (χ2v) is 6.05. The number of hydrogen-bond donors (Lipinski definition) is 2. The van der Waals surface area contributed by atoms with E-state index in [-0.39, 0.29) is 5.91 Å². The van der Waals surface area contributed by atoms with Crippen molar-refractivity contribution in [3.63, 3.8) is 0 Å². The number of carbonyl (C=O) groups is 1. The molecule has 3 rings (SSSR count). The first-order chi connectivity index (χ1) is 10.2. The van der Waals surface area contributed by atoms with E-state index < -0.39 is 5.54 Å². The molecule has 0 radical (unpaired) electrons. The lowest BCUT2D eigenvalue weighted by atomic mass is 9.76. The highest BCUT2D eigenvalue weighted by atomic mass is 32.1. The monoisotopic (exact) mass is 298 g/mol. The molecule has 1 heterocycles. The summed E-state index contributed by atoms with van der Waals surface area (Å²) in [6, 6.07) is 9.90. The molecule has 1 aromatic carbocycles. The summed E-state index contributed by atoms with van der Waals surface area (Å²) in [6.07, 6.45) is 5.95. The highest BCUT2D eigenvalue weighted by Crippen LogP contribution is 2.34. The summed E-state index contributed by atoms with van der Waals surface area (Å²) in [6.45, 7) is 0. The zero-order valence-corrected chi connectivity index (χ0v) is 12.1. The average molecular weight is 298 g/mol. The van der Waals surface area contributed by atoms with E-state index in [0.29, 0.717) is 18.0 Å². The minimum Gasteiger partial charge on any atom is -0.308 e. The molecule has 0 aliphatic heterocycles. The third kappa shape index (κ3) is 2.60. The number of thiazole rings is 1. The lowest BCUT2D eigenvalue weighted by Crippen LogP contribution is -2.57. The maximum atomic E-state index is 12.3. The first-order valence-electron chi connectivity index (χ1n) is 6.72. The third-order valence-electron chi connectivity index (χ3n) is 3.72. The molecule has 106 valence electrons. The molecule has 2 aromatic rings. The Bertz CT molecular complexity index is 685. The van der Waals surface area contributed by atoms with E-state index >= 15 is 0 Å². The van der Waals surface area contributed by atoms with E-state index in [1.54, 1.807) is 6.20 Å². The normalized spacial score (nSPS) is 15.6. The van der Waals surface area contributed by atoms with Crippen LogP contribution in [0.1, 0.15) is 19.3 Å². The topological polar surface area (TPSA) is 77.8 Å². The molecular weight excluding hydrogens is 284 g/mol. The van der Waals surface area contributed by atoms with E-state index in [2.05, 4.69) is 15.6 Å². The largest absolute Gasteiger partial charge is 0.308 e. The Hall–Kier alpha value is -2.39. The Morgan fingerprint density at radius 1 is 1.33 bits per heavy atom. The summed E-state index contributed by atoms with van der Waals surface area (Å²) in [4.78, 5) is 17.5. The van der Waals surface area contributed by atoms with Gasteiger partial charge >= 0.3 is 0 Å². The summed E-state index contributed by atoms with van der Waals surface area (Å²) in [5.41, 5.74) is 0.330. The summed E-state index contributed by atoms with van der Waals surface area (Å²) < 4.78 is 0. The number of carbonyl (C=O) groups excluding carboxylic acids is 1. The highest BCUT2D eigenvalue weighted by Gasteiger charge is 2.44. The van der Waals surface area contributed by atoms with Gasteiger partial charge < -0.3 is 5.32 Å². The number of nitrogens with zero attached hydrogens (tertiary/aromatic N) is 2. The minimum atomic E-state index is -0.743. The van der Waals surface area contributed by atoms with Crippen molar-refractivity contribution < 1.29 is 4.79 Å². The van der Waals surface area contributed by atoms with Gasteiger partial charge in [0.05, 0.1) is 4.88 Å². The van der Waals surface area contributed by atoms with Gasteiger partial charge in [0, 0.05) is 6.20 Å². The zero-order valence-electron chi connectivity index (χ0n) is 11.3. The number of anilines is 1. The number of rotatable bonds is 4. The fourth-order valence-corrected chi connectivity index (χ4v) is 3.15. The van der Waals surface area contributed by atoms with Gasteiger partial charge in [-0.2, -0.15) is 5.26 Å². The van der Waals surface area contributed by atoms with Gasteiger partial charge in [-0.3, -0.25) is 10.1 Å². The van der Waals surface area contributed by atoms with Gasteiger partial charge in [-0.05, 0) is 24.8 Å². The van der Waals surface area contributed by atoms with Crippen LogP contribution < -0.4 is 10.6 Å². The maximum absolute atomic E-state index is 12.3. The van der Waals surface area contributed by atoms with Crippen molar-refractivity contribution in [1.82, 2.24) is 10.3 Å². The Morgan fingerprint density at radius 2 is 2.10 bits per heavy atom. The van der Waals surface area contributed by atoms with Gasteiger partial charge in [-0.1, -0.05) is 41.7 Å². The summed E-state index contributed by atoms with van der Waals surface area (Å²) in [7, 11) is 0. The van der Waals surface area contributed by atoms with E-state index in [0.717, 1.165) is 16.9 Å². The van der Waals surface area contributed by atoms with Crippen LogP contribution in [0.15, 0.2) is 36.5 Å². The lowest BCUT2D eigenvalue weighted by Gasteiger charge is -2.38.